The van der Waals surface area contributed by atoms with Gasteiger partial charge in [0.15, 0.2) is 11.5 Å². The second-order valence-electron chi connectivity index (χ2n) is 10.9. The Bertz CT molecular complexity index is 940. The molecule has 0 saturated heterocycles. The van der Waals surface area contributed by atoms with Gasteiger partial charge in [0, 0.05) is 23.6 Å². The van der Waals surface area contributed by atoms with Gasteiger partial charge < -0.3 is 9.47 Å². The third-order valence-electron chi connectivity index (χ3n) is 7.41. The highest BCUT2D eigenvalue weighted by Gasteiger charge is 2.23. The van der Waals surface area contributed by atoms with E-state index in [1.165, 1.54) is 77.0 Å². The Morgan fingerprint density at radius 1 is 0.525 bits per heavy atom. The van der Waals surface area contributed by atoms with Gasteiger partial charge in [0.2, 0.25) is 0 Å². The normalized spacial score (nSPS) is 11.2. The van der Waals surface area contributed by atoms with Crippen LogP contribution in [0, 0.1) is 0 Å². The standard InChI is InChI=1S/C34H50Cl2O4/c1-3-5-7-9-11-13-15-17-19-25-29(37)39-33-27-23-21-22-24-28(27)34(32(36)31(33)35)40-30(38)26-20-18-16-14-12-10-8-6-4-2/h21-24H,3-20,25-26H2,1-2H3. The molecule has 0 bridgehead atoms. The van der Waals surface area contributed by atoms with Gasteiger partial charge in [-0.3, -0.25) is 9.59 Å². The van der Waals surface area contributed by atoms with E-state index in [1.807, 2.05) is 12.1 Å². The first-order chi connectivity index (χ1) is 19.5. The molecule has 0 spiro atoms. The molecule has 2 aromatic rings. The number of benzene rings is 2. The first kappa shape index (κ1) is 34.4. The molecule has 0 aromatic heterocycles. The molecule has 0 aliphatic heterocycles. The predicted molar refractivity (Wildman–Crippen MR) is 169 cm³/mol. The molecule has 0 saturated carbocycles. The molecule has 0 N–H and O–H groups in total. The zero-order valence-electron chi connectivity index (χ0n) is 24.8. The van der Waals surface area contributed by atoms with Crippen molar-refractivity contribution in [3.8, 4) is 11.5 Å². The Hall–Kier alpha value is -1.78. The molecule has 0 radical (unpaired) electrons. The summed E-state index contributed by atoms with van der Waals surface area (Å²) in [6, 6.07) is 7.27. The van der Waals surface area contributed by atoms with Gasteiger partial charge in [0.05, 0.1) is 0 Å². The van der Waals surface area contributed by atoms with E-state index in [4.69, 9.17) is 32.7 Å². The Balaban J connectivity index is 1.86. The molecule has 0 fully saturated rings. The van der Waals surface area contributed by atoms with Crippen LogP contribution in [0.4, 0.5) is 0 Å². The molecule has 0 unspecified atom stereocenters. The van der Waals surface area contributed by atoms with Crippen LogP contribution in [0.3, 0.4) is 0 Å². The van der Waals surface area contributed by atoms with Crippen LogP contribution in [0.5, 0.6) is 11.5 Å². The Morgan fingerprint density at radius 2 is 0.825 bits per heavy atom. The molecule has 224 valence electrons. The number of hydrogen-bond donors (Lipinski definition) is 0. The molecule has 40 heavy (non-hydrogen) atoms. The number of esters is 2. The summed E-state index contributed by atoms with van der Waals surface area (Å²) in [5.41, 5.74) is 0. The molecule has 2 aromatic carbocycles. The van der Waals surface area contributed by atoms with Crippen molar-refractivity contribution in [1.82, 2.24) is 0 Å². The third-order valence-corrected chi connectivity index (χ3v) is 8.23. The van der Waals surface area contributed by atoms with E-state index in [0.29, 0.717) is 23.6 Å². The molecular formula is C34H50Cl2O4. The van der Waals surface area contributed by atoms with Crippen LogP contribution >= 0.6 is 23.2 Å². The Kier molecular flexibility index (Phi) is 18.1. The van der Waals surface area contributed by atoms with Crippen molar-refractivity contribution in [2.75, 3.05) is 0 Å². The van der Waals surface area contributed by atoms with Gasteiger partial charge in [0.1, 0.15) is 10.0 Å². The quantitative estimate of drug-likeness (QED) is 0.0774. The van der Waals surface area contributed by atoms with E-state index >= 15 is 0 Å². The smallest absolute Gasteiger partial charge is 0.311 e. The molecule has 2 rings (SSSR count). The van der Waals surface area contributed by atoms with Gasteiger partial charge in [-0.05, 0) is 12.8 Å². The fraction of sp³-hybridized carbons (Fsp3) is 0.647. The van der Waals surface area contributed by atoms with Crippen LogP contribution in [-0.2, 0) is 9.59 Å². The second kappa shape index (κ2) is 21.0. The lowest BCUT2D eigenvalue weighted by Gasteiger charge is -2.16. The van der Waals surface area contributed by atoms with Gasteiger partial charge >= 0.3 is 11.9 Å². The fourth-order valence-corrected chi connectivity index (χ4v) is 5.46. The fourth-order valence-electron chi connectivity index (χ4n) is 5.00. The number of carbonyl (C=O) groups excluding carboxylic acids is 2. The second-order valence-corrected chi connectivity index (χ2v) is 11.7. The van der Waals surface area contributed by atoms with Crippen molar-refractivity contribution < 1.29 is 19.1 Å². The summed E-state index contributed by atoms with van der Waals surface area (Å²) in [4.78, 5) is 25.3. The van der Waals surface area contributed by atoms with Gasteiger partial charge in [-0.1, -0.05) is 164 Å². The number of unbranched alkanes of at least 4 members (excludes halogenated alkanes) is 16. The molecule has 0 aliphatic rings. The van der Waals surface area contributed by atoms with Crippen LogP contribution in [0.2, 0.25) is 10.0 Å². The summed E-state index contributed by atoms with van der Waals surface area (Å²) in [7, 11) is 0. The van der Waals surface area contributed by atoms with E-state index in [-0.39, 0.29) is 33.5 Å². The van der Waals surface area contributed by atoms with Crippen LogP contribution in [0.25, 0.3) is 10.8 Å². The first-order valence-corrected chi connectivity index (χ1v) is 16.6. The maximum Gasteiger partial charge on any atom is 0.311 e. The van der Waals surface area contributed by atoms with Crippen LogP contribution in [0.15, 0.2) is 24.3 Å². The van der Waals surface area contributed by atoms with E-state index in [2.05, 4.69) is 13.8 Å². The van der Waals surface area contributed by atoms with Crippen molar-refractivity contribution in [3.63, 3.8) is 0 Å². The number of fused-ring (bicyclic) bond motifs is 1. The lowest BCUT2D eigenvalue weighted by molar-refractivity contribution is -0.135. The zero-order valence-corrected chi connectivity index (χ0v) is 26.4. The predicted octanol–water partition coefficient (Wildman–Crippen LogP) is 11.8. The van der Waals surface area contributed by atoms with Crippen molar-refractivity contribution in [3.05, 3.63) is 34.3 Å². The SMILES string of the molecule is CCCCCCCCCCCC(=O)Oc1c(Cl)c(Cl)c(OC(=O)CCCCCCCCCCC)c2ccccc12. The molecule has 0 amide bonds. The average molecular weight is 594 g/mol. The van der Waals surface area contributed by atoms with Gasteiger partial charge in [-0.15, -0.1) is 0 Å². The number of ether oxygens (including phenoxy) is 2. The van der Waals surface area contributed by atoms with Crippen LogP contribution < -0.4 is 9.47 Å². The molecular weight excluding hydrogens is 543 g/mol. The summed E-state index contributed by atoms with van der Waals surface area (Å²) >= 11 is 13.1. The van der Waals surface area contributed by atoms with Gasteiger partial charge in [0.25, 0.3) is 0 Å². The maximum absolute atomic E-state index is 12.6. The average Bonchev–Trinajstić information content (AvgIpc) is 2.95. The Morgan fingerprint density at radius 3 is 1.15 bits per heavy atom. The van der Waals surface area contributed by atoms with Crippen molar-refractivity contribution >= 4 is 45.9 Å². The lowest BCUT2D eigenvalue weighted by atomic mass is 10.1. The third kappa shape index (κ3) is 12.8. The minimum absolute atomic E-state index is 0.0895. The largest absolute Gasteiger partial charge is 0.424 e. The van der Waals surface area contributed by atoms with Crippen molar-refractivity contribution in [1.29, 1.82) is 0 Å². The summed E-state index contributed by atoms with van der Waals surface area (Å²) in [6.07, 6.45) is 21.8. The summed E-state index contributed by atoms with van der Waals surface area (Å²) in [5.74, 6) is -0.216. The summed E-state index contributed by atoms with van der Waals surface area (Å²) < 4.78 is 11.4. The lowest BCUT2D eigenvalue weighted by Crippen LogP contribution is -2.11. The van der Waals surface area contributed by atoms with Crippen molar-refractivity contribution in [2.24, 2.45) is 0 Å². The highest BCUT2D eigenvalue weighted by Crippen LogP contribution is 2.47. The maximum atomic E-state index is 12.6. The van der Waals surface area contributed by atoms with E-state index in [0.717, 1.165) is 38.5 Å². The number of hydrogen-bond acceptors (Lipinski definition) is 4. The summed E-state index contributed by atoms with van der Waals surface area (Å²) in [5, 5.41) is 1.38. The molecule has 0 heterocycles. The molecule has 0 atom stereocenters. The molecule has 4 nitrogen and oxygen atoms in total. The summed E-state index contributed by atoms with van der Waals surface area (Å²) in [6.45, 7) is 4.46. The Labute approximate surface area is 252 Å². The van der Waals surface area contributed by atoms with E-state index in [1.54, 1.807) is 12.1 Å². The zero-order chi connectivity index (χ0) is 29.0. The first-order valence-electron chi connectivity index (χ1n) is 15.8. The van der Waals surface area contributed by atoms with Crippen LogP contribution in [0.1, 0.15) is 142 Å². The van der Waals surface area contributed by atoms with Gasteiger partial charge in [-0.2, -0.15) is 0 Å². The van der Waals surface area contributed by atoms with E-state index < -0.39 is 0 Å². The highest BCUT2D eigenvalue weighted by molar-refractivity contribution is 6.45. The number of halogens is 2. The van der Waals surface area contributed by atoms with Crippen LogP contribution in [-0.4, -0.2) is 11.9 Å². The molecule has 0 aliphatic carbocycles. The van der Waals surface area contributed by atoms with Gasteiger partial charge in [-0.25, -0.2) is 0 Å². The minimum atomic E-state index is -0.332. The number of carbonyl (C=O) groups is 2. The number of rotatable bonds is 22. The minimum Gasteiger partial charge on any atom is -0.424 e. The molecule has 6 heteroatoms. The monoisotopic (exact) mass is 592 g/mol. The van der Waals surface area contributed by atoms with E-state index in [9.17, 15) is 9.59 Å². The topological polar surface area (TPSA) is 52.6 Å². The van der Waals surface area contributed by atoms with Crippen molar-refractivity contribution in [2.45, 2.75) is 142 Å². The highest BCUT2D eigenvalue weighted by atomic mass is 35.5.